The molecule has 0 fully saturated rings. The summed E-state index contributed by atoms with van der Waals surface area (Å²) in [4.78, 5) is 28.5. The molecule has 2 aromatic carbocycles. The smallest absolute Gasteiger partial charge is 0.274 e. The largest absolute Gasteiger partial charge is 0.322 e. The van der Waals surface area contributed by atoms with E-state index in [-0.39, 0.29) is 11.6 Å². The number of nitrogens with zero attached hydrogens (tertiary/aromatic N) is 1. The van der Waals surface area contributed by atoms with Gasteiger partial charge in [-0.2, -0.15) is 0 Å². The molecule has 3 aromatic rings. The van der Waals surface area contributed by atoms with E-state index in [1.807, 2.05) is 18.2 Å². The van der Waals surface area contributed by atoms with E-state index in [9.17, 15) is 14.0 Å². The van der Waals surface area contributed by atoms with Crippen LogP contribution in [0.3, 0.4) is 0 Å². The minimum absolute atomic E-state index is 0.0880. The number of rotatable bonds is 4. The molecular formula is C19H14FN3O2. The zero-order chi connectivity index (χ0) is 17.6. The maximum atomic E-state index is 12.9. The summed E-state index contributed by atoms with van der Waals surface area (Å²) < 4.78 is 12.9. The summed E-state index contributed by atoms with van der Waals surface area (Å²) >= 11 is 0. The van der Waals surface area contributed by atoms with Crippen LogP contribution in [-0.2, 0) is 0 Å². The van der Waals surface area contributed by atoms with Gasteiger partial charge in [-0.1, -0.05) is 18.2 Å². The fourth-order valence-electron chi connectivity index (χ4n) is 2.15. The van der Waals surface area contributed by atoms with Gasteiger partial charge in [0.15, 0.2) is 0 Å². The second kappa shape index (κ2) is 7.35. The second-order valence-electron chi connectivity index (χ2n) is 5.21. The molecule has 0 aliphatic heterocycles. The van der Waals surface area contributed by atoms with E-state index in [4.69, 9.17) is 0 Å². The lowest BCUT2D eigenvalue weighted by Crippen LogP contribution is -2.17. The second-order valence-corrected chi connectivity index (χ2v) is 5.21. The number of pyridine rings is 1. The molecule has 5 nitrogen and oxygen atoms in total. The van der Waals surface area contributed by atoms with Crippen LogP contribution in [0.5, 0.6) is 0 Å². The van der Waals surface area contributed by atoms with Crippen molar-refractivity contribution in [1.82, 2.24) is 4.98 Å². The normalized spacial score (nSPS) is 10.1. The molecule has 2 amide bonds. The first-order valence-electron chi connectivity index (χ1n) is 7.51. The molecule has 0 atom stereocenters. The quantitative estimate of drug-likeness (QED) is 0.763. The molecule has 0 aliphatic carbocycles. The van der Waals surface area contributed by atoms with Gasteiger partial charge in [0.1, 0.15) is 11.5 Å². The summed E-state index contributed by atoms with van der Waals surface area (Å²) in [5.41, 5.74) is 1.49. The molecule has 25 heavy (non-hydrogen) atoms. The molecule has 0 saturated heterocycles. The molecule has 0 saturated carbocycles. The Hall–Kier alpha value is -3.54. The van der Waals surface area contributed by atoms with Crippen molar-refractivity contribution < 1.29 is 14.0 Å². The van der Waals surface area contributed by atoms with E-state index in [0.29, 0.717) is 16.9 Å². The summed E-state index contributed by atoms with van der Waals surface area (Å²) in [7, 11) is 0. The Morgan fingerprint density at radius 1 is 0.800 bits per heavy atom. The van der Waals surface area contributed by atoms with E-state index in [1.54, 1.807) is 12.1 Å². The average molecular weight is 335 g/mol. The number of hydrogen-bond donors (Lipinski definition) is 2. The van der Waals surface area contributed by atoms with Crippen molar-refractivity contribution in [1.29, 1.82) is 0 Å². The predicted octanol–water partition coefficient (Wildman–Crippen LogP) is 3.73. The van der Waals surface area contributed by atoms with Crippen molar-refractivity contribution in [3.8, 4) is 0 Å². The van der Waals surface area contributed by atoms with Gasteiger partial charge < -0.3 is 10.6 Å². The number of anilines is 2. The number of carbonyl (C=O) groups excluding carboxylic acids is 2. The fourth-order valence-corrected chi connectivity index (χ4v) is 2.15. The Morgan fingerprint density at radius 3 is 2.16 bits per heavy atom. The van der Waals surface area contributed by atoms with Crippen LogP contribution < -0.4 is 10.6 Å². The average Bonchev–Trinajstić information content (AvgIpc) is 2.64. The Morgan fingerprint density at radius 2 is 1.44 bits per heavy atom. The number of para-hydroxylation sites is 1. The minimum Gasteiger partial charge on any atom is -0.322 e. The van der Waals surface area contributed by atoms with Crippen LogP contribution in [0.2, 0.25) is 0 Å². The third-order valence-corrected chi connectivity index (χ3v) is 3.39. The standard InChI is InChI=1S/C19H14FN3O2/c20-14-6-8-16(9-7-14)23-19(25)17-12-13(10-11-21-17)18(24)22-15-4-2-1-3-5-15/h1-12H,(H,22,24)(H,23,25). The van der Waals surface area contributed by atoms with Gasteiger partial charge in [-0.25, -0.2) is 4.39 Å². The molecule has 0 aliphatic rings. The number of amides is 2. The van der Waals surface area contributed by atoms with Crippen LogP contribution in [0, 0.1) is 5.82 Å². The van der Waals surface area contributed by atoms with Crippen LogP contribution >= 0.6 is 0 Å². The van der Waals surface area contributed by atoms with Crippen molar-refractivity contribution >= 4 is 23.2 Å². The Bertz CT molecular complexity index is 896. The summed E-state index contributed by atoms with van der Waals surface area (Å²) in [6, 6.07) is 17.3. The van der Waals surface area contributed by atoms with Crippen LogP contribution in [0.4, 0.5) is 15.8 Å². The van der Waals surface area contributed by atoms with Crippen LogP contribution in [0.15, 0.2) is 72.9 Å². The third kappa shape index (κ3) is 4.26. The van der Waals surface area contributed by atoms with Crippen molar-refractivity contribution in [2.45, 2.75) is 0 Å². The zero-order valence-electron chi connectivity index (χ0n) is 13.1. The van der Waals surface area contributed by atoms with Gasteiger partial charge in [-0.3, -0.25) is 14.6 Å². The molecule has 0 unspecified atom stereocenters. The highest BCUT2D eigenvalue weighted by Crippen LogP contribution is 2.12. The molecule has 6 heteroatoms. The number of hydrogen-bond acceptors (Lipinski definition) is 3. The summed E-state index contributed by atoms with van der Waals surface area (Å²) in [5, 5.41) is 5.34. The van der Waals surface area contributed by atoms with E-state index >= 15 is 0 Å². The Kier molecular flexibility index (Phi) is 4.80. The number of aromatic nitrogens is 1. The van der Waals surface area contributed by atoms with Gasteiger partial charge in [0.05, 0.1) is 0 Å². The van der Waals surface area contributed by atoms with Gasteiger partial charge in [0.25, 0.3) is 11.8 Å². The first-order valence-corrected chi connectivity index (χ1v) is 7.51. The van der Waals surface area contributed by atoms with Crippen LogP contribution in [-0.4, -0.2) is 16.8 Å². The van der Waals surface area contributed by atoms with E-state index in [1.165, 1.54) is 42.6 Å². The zero-order valence-corrected chi connectivity index (χ0v) is 13.1. The maximum absolute atomic E-state index is 12.9. The summed E-state index contributed by atoms with van der Waals surface area (Å²) in [5.74, 6) is -1.22. The van der Waals surface area contributed by atoms with Crippen molar-refractivity contribution in [2.24, 2.45) is 0 Å². The lowest BCUT2D eigenvalue weighted by Gasteiger charge is -2.07. The monoisotopic (exact) mass is 335 g/mol. The Balaban J connectivity index is 1.73. The van der Waals surface area contributed by atoms with Gasteiger partial charge in [-0.05, 0) is 48.5 Å². The number of carbonyl (C=O) groups is 2. The topological polar surface area (TPSA) is 71.1 Å². The van der Waals surface area contributed by atoms with Gasteiger partial charge in [0.2, 0.25) is 0 Å². The third-order valence-electron chi connectivity index (χ3n) is 3.39. The first-order chi connectivity index (χ1) is 12.1. The van der Waals surface area contributed by atoms with Crippen molar-refractivity contribution in [3.05, 3.63) is 90.0 Å². The molecule has 0 bridgehead atoms. The van der Waals surface area contributed by atoms with Gasteiger partial charge in [-0.15, -0.1) is 0 Å². The minimum atomic E-state index is -0.485. The lowest BCUT2D eigenvalue weighted by molar-refractivity contribution is 0.102. The number of halogens is 1. The van der Waals surface area contributed by atoms with E-state index in [0.717, 1.165) is 0 Å². The van der Waals surface area contributed by atoms with E-state index in [2.05, 4.69) is 15.6 Å². The summed E-state index contributed by atoms with van der Waals surface area (Å²) in [6.07, 6.45) is 1.39. The molecule has 0 radical (unpaired) electrons. The molecule has 0 spiro atoms. The molecule has 2 N–H and O–H groups in total. The molecule has 3 rings (SSSR count). The Labute approximate surface area is 143 Å². The number of nitrogens with one attached hydrogen (secondary N) is 2. The first kappa shape index (κ1) is 16.3. The van der Waals surface area contributed by atoms with Gasteiger partial charge in [0, 0.05) is 23.1 Å². The van der Waals surface area contributed by atoms with Crippen molar-refractivity contribution in [2.75, 3.05) is 10.6 Å². The summed E-state index contributed by atoms with van der Waals surface area (Å²) in [6.45, 7) is 0. The van der Waals surface area contributed by atoms with Crippen molar-refractivity contribution in [3.63, 3.8) is 0 Å². The van der Waals surface area contributed by atoms with E-state index < -0.39 is 11.7 Å². The maximum Gasteiger partial charge on any atom is 0.274 e. The molecular weight excluding hydrogens is 321 g/mol. The molecule has 124 valence electrons. The van der Waals surface area contributed by atoms with Crippen LogP contribution in [0.25, 0.3) is 0 Å². The highest BCUT2D eigenvalue weighted by Gasteiger charge is 2.12. The highest BCUT2D eigenvalue weighted by atomic mass is 19.1. The van der Waals surface area contributed by atoms with Gasteiger partial charge >= 0.3 is 0 Å². The SMILES string of the molecule is O=C(Nc1ccccc1)c1ccnc(C(=O)Nc2ccc(F)cc2)c1. The highest BCUT2D eigenvalue weighted by molar-refractivity contribution is 6.07. The predicted molar refractivity (Wildman–Crippen MR) is 93.0 cm³/mol. The number of benzene rings is 2. The fraction of sp³-hybridized carbons (Fsp3) is 0. The lowest BCUT2D eigenvalue weighted by atomic mass is 10.2. The molecule has 1 heterocycles. The molecule has 1 aromatic heterocycles. The van der Waals surface area contributed by atoms with Crippen LogP contribution in [0.1, 0.15) is 20.8 Å².